The smallest absolute Gasteiger partial charge is 0.331 e. The second kappa shape index (κ2) is 13.5. The van der Waals surface area contributed by atoms with Gasteiger partial charge in [0.25, 0.3) is 5.91 Å². The van der Waals surface area contributed by atoms with Gasteiger partial charge in [0.15, 0.2) is 6.61 Å². The Hall–Kier alpha value is -4.06. The summed E-state index contributed by atoms with van der Waals surface area (Å²) in [5.41, 5.74) is 3.48. The highest BCUT2D eigenvalue weighted by atomic mass is 79.9. The summed E-state index contributed by atoms with van der Waals surface area (Å²) in [6.07, 6.45) is 4.65. The van der Waals surface area contributed by atoms with E-state index in [9.17, 15) is 18.0 Å². The van der Waals surface area contributed by atoms with Gasteiger partial charge in [-0.3, -0.25) is 4.79 Å². The number of rotatable bonds is 11. The van der Waals surface area contributed by atoms with Crippen LogP contribution in [0.5, 0.6) is 0 Å². The molecule has 11 heteroatoms. The molecule has 9 nitrogen and oxygen atoms in total. The summed E-state index contributed by atoms with van der Waals surface area (Å²) in [6, 6.07) is 23.1. The van der Waals surface area contributed by atoms with E-state index in [0.29, 0.717) is 30.0 Å². The van der Waals surface area contributed by atoms with Crippen LogP contribution in [-0.4, -0.2) is 54.1 Å². The maximum absolute atomic E-state index is 12.6. The van der Waals surface area contributed by atoms with Crippen molar-refractivity contribution in [2.24, 2.45) is 0 Å². The molecule has 0 fully saturated rings. The number of nitrogens with one attached hydrogen (secondary N) is 1. The van der Waals surface area contributed by atoms with E-state index >= 15 is 0 Å². The fourth-order valence-corrected chi connectivity index (χ4v) is 5.74. The number of anilines is 1. The molecule has 4 aromatic rings. The van der Waals surface area contributed by atoms with Crippen molar-refractivity contribution in [3.05, 3.63) is 101 Å². The molecule has 1 aromatic heterocycles. The topological polar surface area (TPSA) is 111 Å². The van der Waals surface area contributed by atoms with E-state index in [2.05, 4.69) is 21.2 Å². The Labute approximate surface area is 247 Å². The Kier molecular flexibility index (Phi) is 9.87. The van der Waals surface area contributed by atoms with Crippen LogP contribution in [-0.2, 0) is 24.3 Å². The minimum absolute atomic E-state index is 0.133. The zero-order valence-corrected chi connectivity index (χ0v) is 24.9. The summed E-state index contributed by atoms with van der Waals surface area (Å²) in [5.74, 6) is -1.26. The molecule has 1 heterocycles. The lowest BCUT2D eigenvalue weighted by molar-refractivity contribution is -0.142. The van der Waals surface area contributed by atoms with Crippen molar-refractivity contribution in [1.82, 2.24) is 14.1 Å². The maximum Gasteiger partial charge on any atom is 0.331 e. The summed E-state index contributed by atoms with van der Waals surface area (Å²) in [4.78, 5) is 24.9. The average Bonchev–Trinajstić information content (AvgIpc) is 3.41. The second-order valence-electron chi connectivity index (χ2n) is 8.82. The number of nitrogens with zero attached hydrogens (tertiary/aromatic N) is 3. The van der Waals surface area contributed by atoms with Gasteiger partial charge in [0.2, 0.25) is 10.0 Å². The lowest BCUT2D eigenvalue weighted by Gasteiger charge is -2.18. The van der Waals surface area contributed by atoms with Gasteiger partial charge in [-0.15, -0.1) is 0 Å². The quantitative estimate of drug-likeness (QED) is 0.171. The molecule has 1 N–H and O–H groups in total. The third-order valence-electron chi connectivity index (χ3n) is 6.11. The number of hydrogen-bond acceptors (Lipinski definition) is 6. The highest BCUT2D eigenvalue weighted by Crippen LogP contribution is 2.26. The van der Waals surface area contributed by atoms with Crippen molar-refractivity contribution in [2.45, 2.75) is 18.7 Å². The number of para-hydroxylation sites is 1. The molecule has 0 saturated carbocycles. The van der Waals surface area contributed by atoms with Gasteiger partial charge in [0.1, 0.15) is 0 Å². The number of amides is 1. The first-order valence-electron chi connectivity index (χ1n) is 12.9. The van der Waals surface area contributed by atoms with Gasteiger partial charge in [-0.05, 0) is 54.6 Å². The summed E-state index contributed by atoms with van der Waals surface area (Å²) in [6.45, 7) is 3.75. The maximum atomic E-state index is 12.6. The van der Waals surface area contributed by atoms with Crippen LogP contribution in [0.3, 0.4) is 0 Å². The Balaban J connectivity index is 1.40. The second-order valence-corrected chi connectivity index (χ2v) is 11.7. The Morgan fingerprint density at radius 2 is 1.63 bits per heavy atom. The van der Waals surface area contributed by atoms with Gasteiger partial charge in [0.05, 0.1) is 16.3 Å². The molecular weight excluding hydrogens is 608 g/mol. The first-order chi connectivity index (χ1) is 19.7. The monoisotopic (exact) mass is 636 g/mol. The zero-order chi connectivity index (χ0) is 29.4. The van der Waals surface area contributed by atoms with E-state index < -0.39 is 28.5 Å². The molecule has 4 rings (SSSR count). The van der Waals surface area contributed by atoms with Gasteiger partial charge in [0, 0.05) is 46.6 Å². The molecule has 41 heavy (non-hydrogen) atoms. The first kappa shape index (κ1) is 29.9. The van der Waals surface area contributed by atoms with Crippen molar-refractivity contribution >= 4 is 49.6 Å². The molecule has 0 aliphatic carbocycles. The minimum atomic E-state index is -3.60. The lowest BCUT2D eigenvalue weighted by atomic mass is 10.1. The number of carbonyl (C=O) groups is 2. The van der Waals surface area contributed by atoms with Crippen LogP contribution in [0.2, 0.25) is 0 Å². The van der Waals surface area contributed by atoms with Gasteiger partial charge >= 0.3 is 5.97 Å². The van der Waals surface area contributed by atoms with Crippen LogP contribution < -0.4 is 5.32 Å². The van der Waals surface area contributed by atoms with Crippen LogP contribution >= 0.6 is 15.9 Å². The molecule has 0 saturated heterocycles. The Morgan fingerprint density at radius 1 is 0.976 bits per heavy atom. The SMILES string of the molecule is CCN(CC)S(=O)(=O)c1ccc(NC(=O)COC(=O)C=Cc2cn(-c3ccccc3)nc2-c2ccc(Br)cc2)cc1. The molecular formula is C30H29BrN4O5S. The molecule has 0 bridgehead atoms. The van der Waals surface area contributed by atoms with E-state index in [1.165, 1.54) is 34.6 Å². The minimum Gasteiger partial charge on any atom is -0.452 e. The van der Waals surface area contributed by atoms with Crippen LogP contribution in [0.25, 0.3) is 23.0 Å². The van der Waals surface area contributed by atoms with Crippen LogP contribution in [0.15, 0.2) is 101 Å². The van der Waals surface area contributed by atoms with Crippen molar-refractivity contribution in [3.63, 3.8) is 0 Å². The zero-order valence-electron chi connectivity index (χ0n) is 22.5. The molecule has 0 radical (unpaired) electrons. The number of halogens is 1. The summed E-state index contributed by atoms with van der Waals surface area (Å²) in [7, 11) is -3.60. The normalized spacial score (nSPS) is 11.6. The Bertz CT molecular complexity index is 1630. The summed E-state index contributed by atoms with van der Waals surface area (Å²) >= 11 is 3.44. The molecule has 0 aliphatic rings. The number of ether oxygens (including phenoxy) is 1. The van der Waals surface area contributed by atoms with Crippen molar-refractivity contribution < 1.29 is 22.7 Å². The average molecular weight is 638 g/mol. The standard InChI is InChI=1S/C30H29BrN4O5S/c1-3-34(4-2)41(38,39)27-17-15-25(16-18-27)32-28(36)21-40-29(37)19-12-23-20-35(26-8-6-5-7-9-26)33-30(23)22-10-13-24(31)14-11-22/h5-20H,3-4,21H2,1-2H3,(H,32,36). The van der Waals surface area contributed by atoms with E-state index in [4.69, 9.17) is 9.84 Å². The Morgan fingerprint density at radius 3 is 2.27 bits per heavy atom. The molecule has 0 aliphatic heterocycles. The number of aromatic nitrogens is 2. The van der Waals surface area contributed by atoms with Crippen molar-refractivity contribution in [1.29, 1.82) is 0 Å². The summed E-state index contributed by atoms with van der Waals surface area (Å²) < 4.78 is 34.4. The largest absolute Gasteiger partial charge is 0.452 e. The fourth-order valence-electron chi connectivity index (χ4n) is 4.02. The van der Waals surface area contributed by atoms with Gasteiger partial charge in [-0.2, -0.15) is 9.40 Å². The lowest BCUT2D eigenvalue weighted by Crippen LogP contribution is -2.30. The number of carbonyl (C=O) groups excluding carboxylic acids is 2. The molecule has 0 atom stereocenters. The fraction of sp³-hybridized carbons (Fsp3) is 0.167. The number of sulfonamides is 1. The van der Waals surface area contributed by atoms with Gasteiger partial charge in [-0.25, -0.2) is 17.9 Å². The molecule has 1 amide bonds. The first-order valence-corrected chi connectivity index (χ1v) is 15.1. The number of benzene rings is 3. The molecule has 0 unspecified atom stereocenters. The predicted octanol–water partition coefficient (Wildman–Crippen LogP) is 5.53. The summed E-state index contributed by atoms with van der Waals surface area (Å²) in [5, 5.41) is 7.31. The number of hydrogen-bond donors (Lipinski definition) is 1. The van der Waals surface area contributed by atoms with Crippen LogP contribution in [0, 0.1) is 0 Å². The third-order valence-corrected chi connectivity index (χ3v) is 8.70. The highest BCUT2D eigenvalue weighted by molar-refractivity contribution is 9.10. The number of esters is 1. The van der Waals surface area contributed by atoms with Crippen LogP contribution in [0.4, 0.5) is 5.69 Å². The van der Waals surface area contributed by atoms with E-state index in [0.717, 1.165) is 15.7 Å². The third kappa shape index (κ3) is 7.57. The molecule has 0 spiro atoms. The van der Waals surface area contributed by atoms with Gasteiger partial charge < -0.3 is 10.1 Å². The van der Waals surface area contributed by atoms with Crippen molar-refractivity contribution in [3.8, 4) is 16.9 Å². The van der Waals surface area contributed by atoms with Crippen LogP contribution in [0.1, 0.15) is 19.4 Å². The van der Waals surface area contributed by atoms with E-state index in [1.807, 2.05) is 60.8 Å². The van der Waals surface area contributed by atoms with E-state index in [1.54, 1.807) is 24.6 Å². The van der Waals surface area contributed by atoms with Crippen molar-refractivity contribution in [2.75, 3.05) is 25.0 Å². The van der Waals surface area contributed by atoms with Gasteiger partial charge in [-0.1, -0.05) is 60.1 Å². The highest BCUT2D eigenvalue weighted by Gasteiger charge is 2.21. The molecule has 3 aromatic carbocycles. The predicted molar refractivity (Wildman–Crippen MR) is 162 cm³/mol. The molecule has 212 valence electrons. The van der Waals surface area contributed by atoms with E-state index in [-0.39, 0.29) is 4.90 Å².